The van der Waals surface area contributed by atoms with Gasteiger partial charge in [-0.25, -0.2) is 0 Å². The monoisotopic (exact) mass is 381 g/mol. The highest BCUT2D eigenvalue weighted by Gasteiger charge is 2.43. The van der Waals surface area contributed by atoms with Crippen LogP contribution >= 0.6 is 0 Å². The number of aliphatic hydroxyl groups is 1. The third-order valence-corrected chi connectivity index (χ3v) is 5.36. The molecule has 0 aliphatic carbocycles. The maximum Gasteiger partial charge on any atom is 0.246 e. The highest BCUT2D eigenvalue weighted by atomic mass is 16.7. The van der Waals surface area contributed by atoms with Crippen molar-refractivity contribution in [3.63, 3.8) is 0 Å². The van der Waals surface area contributed by atoms with Crippen LogP contribution in [0.5, 0.6) is 0 Å². The largest absolute Gasteiger partial charge is 0.394 e. The molecule has 3 heterocycles. The van der Waals surface area contributed by atoms with Gasteiger partial charge in [-0.3, -0.25) is 24.7 Å². The summed E-state index contributed by atoms with van der Waals surface area (Å²) in [6, 6.07) is -2.57. The molecule has 0 bridgehead atoms. The molecule has 0 aromatic carbocycles. The number of nitrogens with zero attached hydrogens (tertiary/aromatic N) is 2. The fourth-order valence-electron chi connectivity index (χ4n) is 3.86. The molecule has 2 unspecified atom stereocenters. The Labute approximate surface area is 157 Å². The summed E-state index contributed by atoms with van der Waals surface area (Å²) < 4.78 is 0. The number of hydroxylamine groups is 1. The molecule has 27 heavy (non-hydrogen) atoms. The van der Waals surface area contributed by atoms with Gasteiger partial charge in [-0.2, -0.15) is 0 Å². The van der Waals surface area contributed by atoms with Crippen molar-refractivity contribution in [1.29, 1.82) is 0 Å². The Hall–Kier alpha value is -2.17. The van der Waals surface area contributed by atoms with E-state index in [1.165, 1.54) is 4.90 Å². The molecule has 150 valence electrons. The minimum absolute atomic E-state index is 0.233. The van der Waals surface area contributed by atoms with Crippen LogP contribution < -0.4 is 16.5 Å². The molecule has 3 aliphatic rings. The Morgan fingerprint density at radius 3 is 2.56 bits per heavy atom. The number of carbonyl (C=O) groups is 3. The third-order valence-electron chi connectivity index (χ3n) is 5.36. The normalized spacial score (nSPS) is 29.0. The molecule has 0 aromatic rings. The molecule has 10 nitrogen and oxygen atoms in total. The molecular formula is C17H27N5O5. The molecule has 10 heteroatoms. The molecule has 3 rings (SSSR count). The molecule has 3 amide bonds. The number of nitrogens with one attached hydrogen (secondary N) is 2. The lowest BCUT2D eigenvalue weighted by Gasteiger charge is -2.32. The Balaban J connectivity index is 1.66. The van der Waals surface area contributed by atoms with E-state index in [1.54, 1.807) is 4.90 Å². The number of hydrogen-bond acceptors (Lipinski definition) is 7. The highest BCUT2D eigenvalue weighted by molar-refractivity contribution is 5.94. The zero-order valence-corrected chi connectivity index (χ0v) is 15.2. The minimum Gasteiger partial charge on any atom is -0.394 e. The SMILES string of the molecule is C=C1NOC[C@H]1NC(=O)C1CCCN1C(=O)C1CCCN1C(=O)[C@@H](N)CO. The molecular weight excluding hydrogens is 354 g/mol. The van der Waals surface area contributed by atoms with Gasteiger partial charge < -0.3 is 26.0 Å². The molecule has 3 saturated heterocycles. The standard InChI is InChI=1S/C17H27N5O5/c1-10-12(9-27-20-10)19-15(24)13-4-2-6-21(13)17(26)14-5-3-7-22(14)16(25)11(18)8-23/h11-14,20,23H,1-9,18H2,(H,19,24)/t11-,12+,13?,14?/m0/s1. The van der Waals surface area contributed by atoms with Crippen LogP contribution in [0.25, 0.3) is 0 Å². The molecule has 0 radical (unpaired) electrons. The first kappa shape index (κ1) is 19.6. The Morgan fingerprint density at radius 2 is 1.93 bits per heavy atom. The van der Waals surface area contributed by atoms with Crippen LogP contribution in [0.2, 0.25) is 0 Å². The van der Waals surface area contributed by atoms with E-state index in [0.717, 1.165) is 6.42 Å². The number of aliphatic hydroxyl groups excluding tert-OH is 1. The van der Waals surface area contributed by atoms with Gasteiger partial charge in [0.05, 0.1) is 18.3 Å². The van der Waals surface area contributed by atoms with Gasteiger partial charge in [-0.15, -0.1) is 0 Å². The van der Waals surface area contributed by atoms with Crippen molar-refractivity contribution in [3.8, 4) is 0 Å². The van der Waals surface area contributed by atoms with E-state index in [2.05, 4.69) is 17.4 Å². The van der Waals surface area contributed by atoms with Crippen molar-refractivity contribution in [3.05, 3.63) is 12.3 Å². The second-order valence-corrected chi connectivity index (χ2v) is 7.17. The van der Waals surface area contributed by atoms with E-state index in [0.29, 0.717) is 38.0 Å². The number of hydrogen-bond donors (Lipinski definition) is 4. The molecule has 0 saturated carbocycles. The fourth-order valence-corrected chi connectivity index (χ4v) is 3.86. The van der Waals surface area contributed by atoms with Gasteiger partial charge in [0.25, 0.3) is 0 Å². The van der Waals surface area contributed by atoms with Crippen LogP contribution in [0.4, 0.5) is 0 Å². The van der Waals surface area contributed by atoms with Crippen LogP contribution in [-0.2, 0) is 19.2 Å². The zero-order valence-electron chi connectivity index (χ0n) is 15.2. The van der Waals surface area contributed by atoms with Gasteiger partial charge in [0, 0.05) is 13.1 Å². The summed E-state index contributed by atoms with van der Waals surface area (Å²) in [6.45, 7) is 4.50. The topological polar surface area (TPSA) is 137 Å². The van der Waals surface area contributed by atoms with Gasteiger partial charge in [0.1, 0.15) is 24.7 Å². The second kappa shape index (κ2) is 8.24. The lowest BCUT2D eigenvalue weighted by molar-refractivity contribution is -0.147. The summed E-state index contributed by atoms with van der Waals surface area (Å²) in [7, 11) is 0. The predicted octanol–water partition coefficient (Wildman–Crippen LogP) is -2.18. The van der Waals surface area contributed by atoms with E-state index in [9.17, 15) is 14.4 Å². The van der Waals surface area contributed by atoms with E-state index in [-0.39, 0.29) is 24.5 Å². The van der Waals surface area contributed by atoms with Gasteiger partial charge in [0.2, 0.25) is 17.7 Å². The van der Waals surface area contributed by atoms with Crippen LogP contribution in [0, 0.1) is 0 Å². The molecule has 0 spiro atoms. The van der Waals surface area contributed by atoms with Gasteiger partial charge >= 0.3 is 0 Å². The van der Waals surface area contributed by atoms with Gasteiger partial charge in [-0.1, -0.05) is 6.58 Å². The van der Waals surface area contributed by atoms with Crippen LogP contribution in [0.3, 0.4) is 0 Å². The van der Waals surface area contributed by atoms with E-state index in [1.807, 2.05) is 0 Å². The van der Waals surface area contributed by atoms with Crippen molar-refractivity contribution in [2.75, 3.05) is 26.3 Å². The van der Waals surface area contributed by atoms with Crippen molar-refractivity contribution >= 4 is 17.7 Å². The summed E-state index contributed by atoms with van der Waals surface area (Å²) in [5.74, 6) is -0.912. The summed E-state index contributed by atoms with van der Waals surface area (Å²) in [6.07, 6.45) is 2.52. The van der Waals surface area contributed by atoms with Crippen LogP contribution in [-0.4, -0.2) is 83.1 Å². The van der Waals surface area contributed by atoms with E-state index in [4.69, 9.17) is 15.7 Å². The van der Waals surface area contributed by atoms with Crippen molar-refractivity contribution in [2.24, 2.45) is 5.73 Å². The third kappa shape index (κ3) is 3.92. The van der Waals surface area contributed by atoms with Crippen molar-refractivity contribution in [1.82, 2.24) is 20.6 Å². The first-order chi connectivity index (χ1) is 12.9. The molecule has 0 aromatic heterocycles. The number of nitrogens with two attached hydrogens (primary N) is 1. The zero-order chi connectivity index (χ0) is 19.6. The van der Waals surface area contributed by atoms with Gasteiger partial charge in [-0.05, 0) is 25.7 Å². The average molecular weight is 381 g/mol. The maximum absolute atomic E-state index is 13.1. The van der Waals surface area contributed by atoms with Crippen LogP contribution in [0.1, 0.15) is 25.7 Å². The summed E-state index contributed by atoms with van der Waals surface area (Å²) in [4.78, 5) is 46.2. The van der Waals surface area contributed by atoms with E-state index >= 15 is 0 Å². The molecule has 3 aliphatic heterocycles. The minimum atomic E-state index is -1.03. The number of carbonyl (C=O) groups excluding carboxylic acids is 3. The number of rotatable bonds is 5. The Morgan fingerprint density at radius 1 is 1.26 bits per heavy atom. The summed E-state index contributed by atoms with van der Waals surface area (Å²) in [5, 5.41) is 12.0. The lowest BCUT2D eigenvalue weighted by atomic mass is 10.1. The van der Waals surface area contributed by atoms with E-state index < -0.39 is 30.6 Å². The average Bonchev–Trinajstić information content (AvgIpc) is 3.40. The van der Waals surface area contributed by atoms with Crippen molar-refractivity contribution in [2.45, 2.75) is 49.9 Å². The number of likely N-dealkylation sites (tertiary alicyclic amines) is 2. The smallest absolute Gasteiger partial charge is 0.246 e. The Bertz CT molecular complexity index is 627. The van der Waals surface area contributed by atoms with Crippen LogP contribution in [0.15, 0.2) is 12.3 Å². The molecule has 3 fully saturated rings. The highest BCUT2D eigenvalue weighted by Crippen LogP contribution is 2.25. The first-order valence-electron chi connectivity index (χ1n) is 9.28. The fraction of sp³-hybridized carbons (Fsp3) is 0.706. The predicted molar refractivity (Wildman–Crippen MR) is 94.7 cm³/mol. The lowest BCUT2D eigenvalue weighted by Crippen LogP contribution is -2.56. The van der Waals surface area contributed by atoms with Gasteiger partial charge in [0.15, 0.2) is 0 Å². The first-order valence-corrected chi connectivity index (χ1v) is 9.28. The quantitative estimate of drug-likeness (QED) is 0.425. The molecule has 4 atom stereocenters. The Kier molecular flexibility index (Phi) is 5.98. The van der Waals surface area contributed by atoms with Crippen molar-refractivity contribution < 1.29 is 24.3 Å². The summed E-state index contributed by atoms with van der Waals surface area (Å²) in [5.41, 5.74) is 8.82. The maximum atomic E-state index is 13.1. The molecule has 5 N–H and O–H groups in total. The number of amides is 3. The second-order valence-electron chi connectivity index (χ2n) is 7.17. The summed E-state index contributed by atoms with van der Waals surface area (Å²) >= 11 is 0.